The minimum absolute atomic E-state index is 0.0890. The van der Waals surface area contributed by atoms with Crippen molar-refractivity contribution >= 4 is 27.3 Å². The van der Waals surface area contributed by atoms with Crippen molar-refractivity contribution in [3.63, 3.8) is 0 Å². The number of ether oxygens (including phenoxy) is 1. The maximum Gasteiger partial charge on any atom is 0.221 e. The van der Waals surface area contributed by atoms with Crippen LogP contribution in [0.1, 0.15) is 20.3 Å². The van der Waals surface area contributed by atoms with Gasteiger partial charge in [-0.25, -0.2) is 8.42 Å². The summed E-state index contributed by atoms with van der Waals surface area (Å²) in [5, 5.41) is 3.02. The van der Waals surface area contributed by atoms with Gasteiger partial charge < -0.3 is 15.0 Å². The topological polar surface area (TPSA) is 75.7 Å². The van der Waals surface area contributed by atoms with Crippen LogP contribution in [0.5, 0.6) is 0 Å². The van der Waals surface area contributed by atoms with Gasteiger partial charge in [-0.2, -0.15) is 0 Å². The molecular formula is C17H27ClN2O4S. The number of hydrogen-bond donors (Lipinski definition) is 1. The smallest absolute Gasteiger partial charge is 0.221 e. The Morgan fingerprint density at radius 1 is 1.24 bits per heavy atom. The van der Waals surface area contributed by atoms with Gasteiger partial charge in [-0.3, -0.25) is 4.79 Å². The molecule has 1 N–H and O–H groups in total. The lowest BCUT2D eigenvalue weighted by molar-refractivity contribution is -0.120. The van der Waals surface area contributed by atoms with Crippen molar-refractivity contribution in [2.24, 2.45) is 0 Å². The molecule has 6 nitrogen and oxygen atoms in total. The Morgan fingerprint density at radius 2 is 1.96 bits per heavy atom. The van der Waals surface area contributed by atoms with Crippen LogP contribution < -0.4 is 5.32 Å². The van der Waals surface area contributed by atoms with Gasteiger partial charge in [-0.05, 0) is 31.3 Å². The molecule has 0 heterocycles. The molecule has 0 aromatic heterocycles. The molecule has 0 fully saturated rings. The van der Waals surface area contributed by atoms with E-state index >= 15 is 0 Å². The lowest BCUT2D eigenvalue weighted by atomic mass is 10.4. The summed E-state index contributed by atoms with van der Waals surface area (Å²) in [6, 6.07) is 6.04. The molecule has 0 saturated carbocycles. The Balaban J connectivity index is 2.22. The molecule has 1 amide bonds. The van der Waals surface area contributed by atoms with Crippen molar-refractivity contribution < 1.29 is 17.9 Å². The van der Waals surface area contributed by atoms with E-state index in [2.05, 4.69) is 24.1 Å². The number of halogens is 1. The summed E-state index contributed by atoms with van der Waals surface area (Å²) in [5.41, 5.74) is 0. The van der Waals surface area contributed by atoms with Gasteiger partial charge in [0.15, 0.2) is 9.84 Å². The van der Waals surface area contributed by atoms with E-state index in [-0.39, 0.29) is 23.0 Å². The van der Waals surface area contributed by atoms with Crippen molar-refractivity contribution in [1.82, 2.24) is 10.2 Å². The summed E-state index contributed by atoms with van der Waals surface area (Å²) < 4.78 is 29.8. The van der Waals surface area contributed by atoms with Crippen LogP contribution in [0, 0.1) is 0 Å². The number of nitrogens with zero attached hydrogens (tertiary/aromatic N) is 1. The predicted octanol–water partition coefficient (Wildman–Crippen LogP) is 1.98. The molecule has 0 bridgehead atoms. The highest BCUT2D eigenvalue weighted by Crippen LogP contribution is 2.17. The molecule has 0 saturated heterocycles. The van der Waals surface area contributed by atoms with Gasteiger partial charge in [0.05, 0.1) is 23.9 Å². The van der Waals surface area contributed by atoms with Crippen molar-refractivity contribution in [1.29, 1.82) is 0 Å². The Labute approximate surface area is 155 Å². The maximum absolute atomic E-state index is 12.2. The molecule has 1 aromatic rings. The van der Waals surface area contributed by atoms with Gasteiger partial charge in [0.25, 0.3) is 0 Å². The number of nitrogens with one attached hydrogen (secondary N) is 1. The van der Waals surface area contributed by atoms with Gasteiger partial charge in [0.1, 0.15) is 0 Å². The minimum atomic E-state index is -3.51. The molecule has 0 unspecified atom stereocenters. The Bertz CT molecular complexity index is 633. The highest BCUT2D eigenvalue weighted by Gasteiger charge is 2.16. The van der Waals surface area contributed by atoms with E-state index in [0.717, 1.165) is 19.6 Å². The van der Waals surface area contributed by atoms with Crippen LogP contribution in [0.25, 0.3) is 0 Å². The highest BCUT2D eigenvalue weighted by molar-refractivity contribution is 7.91. The standard InChI is InChI=1S/C17H27ClN2O4S/c1-3-20(4-2)10-12-24-11-9-19-17(21)8-13-25(22,23)16-7-5-6-15(18)14-16/h5-7,14H,3-4,8-13H2,1-2H3,(H,19,21). The highest BCUT2D eigenvalue weighted by atomic mass is 35.5. The molecule has 0 aliphatic rings. The van der Waals surface area contributed by atoms with Gasteiger partial charge in [-0.15, -0.1) is 0 Å². The van der Waals surface area contributed by atoms with Gasteiger partial charge in [0.2, 0.25) is 5.91 Å². The first-order valence-corrected chi connectivity index (χ1v) is 10.5. The quantitative estimate of drug-likeness (QED) is 0.552. The van der Waals surface area contributed by atoms with Crippen molar-refractivity contribution in [3.05, 3.63) is 29.3 Å². The van der Waals surface area contributed by atoms with Crippen molar-refractivity contribution in [2.75, 3.05) is 45.1 Å². The second kappa shape index (κ2) is 11.5. The van der Waals surface area contributed by atoms with Gasteiger partial charge >= 0.3 is 0 Å². The normalized spacial score (nSPS) is 11.7. The van der Waals surface area contributed by atoms with Crippen LogP contribution in [-0.4, -0.2) is 64.4 Å². The number of likely N-dealkylation sites (N-methyl/N-ethyl adjacent to an activating group) is 1. The summed E-state index contributed by atoms with van der Waals surface area (Å²) in [5.74, 6) is -0.555. The van der Waals surface area contributed by atoms with E-state index in [1.54, 1.807) is 12.1 Å². The summed E-state index contributed by atoms with van der Waals surface area (Å²) in [4.78, 5) is 14.1. The second-order valence-electron chi connectivity index (χ2n) is 5.52. The summed E-state index contributed by atoms with van der Waals surface area (Å²) in [6.07, 6.45) is -0.0890. The number of carbonyl (C=O) groups excluding carboxylic acids is 1. The number of amides is 1. The van der Waals surface area contributed by atoms with Crippen LogP contribution in [-0.2, 0) is 19.4 Å². The first-order chi connectivity index (χ1) is 11.9. The number of hydrogen-bond acceptors (Lipinski definition) is 5. The fraction of sp³-hybridized carbons (Fsp3) is 0.588. The first kappa shape index (κ1) is 21.9. The summed E-state index contributed by atoms with van der Waals surface area (Å²) >= 11 is 5.80. The van der Waals surface area contributed by atoms with Crippen LogP contribution >= 0.6 is 11.6 Å². The lowest BCUT2D eigenvalue weighted by Crippen LogP contribution is -2.31. The largest absolute Gasteiger partial charge is 0.378 e. The van der Waals surface area contributed by atoms with Crippen molar-refractivity contribution in [2.45, 2.75) is 25.2 Å². The number of sulfone groups is 1. The van der Waals surface area contributed by atoms with E-state index in [1.165, 1.54) is 12.1 Å². The molecular weight excluding hydrogens is 364 g/mol. The third kappa shape index (κ3) is 8.67. The second-order valence-corrected chi connectivity index (χ2v) is 8.06. The Kier molecular flexibility index (Phi) is 10.0. The van der Waals surface area contributed by atoms with Crippen LogP contribution in [0.2, 0.25) is 5.02 Å². The number of benzene rings is 1. The first-order valence-electron chi connectivity index (χ1n) is 8.44. The number of rotatable bonds is 12. The Hall–Kier alpha value is -1.15. The fourth-order valence-electron chi connectivity index (χ4n) is 2.19. The minimum Gasteiger partial charge on any atom is -0.378 e. The molecule has 0 aliphatic carbocycles. The molecule has 25 heavy (non-hydrogen) atoms. The average Bonchev–Trinajstić information content (AvgIpc) is 2.59. The third-order valence-electron chi connectivity index (χ3n) is 3.77. The van der Waals surface area contributed by atoms with Crippen LogP contribution in [0.15, 0.2) is 29.2 Å². The zero-order valence-corrected chi connectivity index (χ0v) is 16.4. The molecule has 1 aromatic carbocycles. The van der Waals surface area contributed by atoms with E-state index < -0.39 is 9.84 Å². The van der Waals surface area contributed by atoms with E-state index in [9.17, 15) is 13.2 Å². The van der Waals surface area contributed by atoms with Crippen LogP contribution in [0.3, 0.4) is 0 Å². The average molecular weight is 391 g/mol. The van der Waals surface area contributed by atoms with Gasteiger partial charge in [0, 0.05) is 24.5 Å². The molecule has 1 rings (SSSR count). The number of carbonyl (C=O) groups is 1. The molecule has 0 aliphatic heterocycles. The van der Waals surface area contributed by atoms with Crippen LogP contribution in [0.4, 0.5) is 0 Å². The monoisotopic (exact) mass is 390 g/mol. The SMILES string of the molecule is CCN(CC)CCOCCNC(=O)CCS(=O)(=O)c1cccc(Cl)c1. The fourth-order valence-corrected chi connectivity index (χ4v) is 3.73. The Morgan fingerprint density at radius 3 is 2.60 bits per heavy atom. The van der Waals surface area contributed by atoms with E-state index in [0.29, 0.717) is 24.8 Å². The zero-order chi connectivity index (χ0) is 18.7. The van der Waals surface area contributed by atoms with Gasteiger partial charge in [-0.1, -0.05) is 31.5 Å². The summed E-state index contributed by atoms with van der Waals surface area (Å²) in [6.45, 7) is 8.42. The molecule has 142 valence electrons. The van der Waals surface area contributed by atoms with E-state index in [4.69, 9.17) is 16.3 Å². The third-order valence-corrected chi connectivity index (χ3v) is 5.72. The van der Waals surface area contributed by atoms with Crippen molar-refractivity contribution in [3.8, 4) is 0 Å². The molecule has 0 radical (unpaired) electrons. The molecule has 0 atom stereocenters. The zero-order valence-electron chi connectivity index (χ0n) is 14.8. The lowest BCUT2D eigenvalue weighted by Gasteiger charge is -2.17. The molecule has 0 spiro atoms. The molecule has 8 heteroatoms. The summed E-state index contributed by atoms with van der Waals surface area (Å²) in [7, 11) is -3.51. The van der Waals surface area contributed by atoms with E-state index in [1.807, 2.05) is 0 Å². The maximum atomic E-state index is 12.2. The predicted molar refractivity (Wildman–Crippen MR) is 99.7 cm³/mol.